The molecule has 1 aromatic carbocycles. The number of nitro benzene ring substituents is 1. The number of carbonyl (C=O) groups is 1. The van der Waals surface area contributed by atoms with E-state index < -0.39 is 4.92 Å². The number of amides is 1. The number of furan rings is 1. The first-order valence-electron chi connectivity index (χ1n) is 7.79. The van der Waals surface area contributed by atoms with Crippen LogP contribution in [0.3, 0.4) is 0 Å². The number of hydrogen-bond acceptors (Lipinski definition) is 5. The third-order valence-electron chi connectivity index (χ3n) is 3.73. The lowest BCUT2D eigenvalue weighted by Crippen LogP contribution is -3.08. The minimum atomic E-state index is -0.513. The number of benzene rings is 1. The van der Waals surface area contributed by atoms with Crippen molar-refractivity contribution in [3.05, 3.63) is 51.5 Å². The van der Waals surface area contributed by atoms with E-state index in [9.17, 15) is 14.9 Å². The molecular formula is C17H22N3O5+. The molecule has 2 aromatic rings. The minimum absolute atomic E-state index is 0.109. The molecule has 2 N–H and O–H groups in total. The Morgan fingerprint density at radius 2 is 2.08 bits per heavy atom. The zero-order chi connectivity index (χ0) is 18.6. The number of methoxy groups -OCH3 is 1. The number of nitrogens with one attached hydrogen (secondary N) is 2. The average Bonchev–Trinajstić information content (AvgIpc) is 2.93. The molecule has 0 aliphatic rings. The van der Waals surface area contributed by atoms with E-state index >= 15 is 0 Å². The van der Waals surface area contributed by atoms with Crippen LogP contribution >= 0.6 is 0 Å². The molecule has 0 aliphatic carbocycles. The molecule has 0 spiro atoms. The van der Waals surface area contributed by atoms with Crippen molar-refractivity contribution in [1.29, 1.82) is 0 Å². The highest BCUT2D eigenvalue weighted by Gasteiger charge is 2.19. The molecule has 134 valence electrons. The highest BCUT2D eigenvalue weighted by molar-refractivity contribution is 5.92. The second-order valence-corrected chi connectivity index (χ2v) is 5.97. The summed E-state index contributed by atoms with van der Waals surface area (Å²) in [5.41, 5.74) is 0.961. The summed E-state index contributed by atoms with van der Waals surface area (Å²) in [6.07, 6.45) is 0. The van der Waals surface area contributed by atoms with Crippen LogP contribution in [0.15, 0.2) is 28.7 Å². The van der Waals surface area contributed by atoms with Gasteiger partial charge in [-0.1, -0.05) is 0 Å². The van der Waals surface area contributed by atoms with E-state index in [1.54, 1.807) is 6.92 Å². The number of nitro groups is 1. The van der Waals surface area contributed by atoms with Gasteiger partial charge in [-0.2, -0.15) is 0 Å². The van der Waals surface area contributed by atoms with E-state index in [0.717, 1.165) is 16.4 Å². The molecule has 1 aromatic heterocycles. The van der Waals surface area contributed by atoms with Crippen molar-refractivity contribution in [1.82, 2.24) is 0 Å². The van der Waals surface area contributed by atoms with Crippen LogP contribution < -0.4 is 15.0 Å². The fraction of sp³-hybridized carbons (Fsp3) is 0.353. The number of carbonyl (C=O) groups excluding carboxylic acids is 1. The zero-order valence-corrected chi connectivity index (χ0v) is 14.7. The molecule has 1 unspecified atom stereocenters. The van der Waals surface area contributed by atoms with Crippen LogP contribution in [0.1, 0.15) is 17.1 Å². The van der Waals surface area contributed by atoms with Crippen molar-refractivity contribution in [3.63, 3.8) is 0 Å². The first kappa shape index (κ1) is 18.5. The maximum atomic E-state index is 12.3. The Labute approximate surface area is 145 Å². The summed E-state index contributed by atoms with van der Waals surface area (Å²) >= 11 is 0. The van der Waals surface area contributed by atoms with Crippen molar-refractivity contribution in [2.75, 3.05) is 26.0 Å². The van der Waals surface area contributed by atoms with Crippen molar-refractivity contribution in [3.8, 4) is 5.75 Å². The molecule has 0 saturated heterocycles. The SMILES string of the molecule is COc1cc(NC(=O)C[NH+](C)Cc2ccc(C)o2)c(C)cc1[N+](=O)[O-]. The van der Waals surface area contributed by atoms with Gasteiger partial charge in [0.15, 0.2) is 18.1 Å². The highest BCUT2D eigenvalue weighted by Crippen LogP contribution is 2.32. The molecule has 1 atom stereocenters. The normalized spacial score (nSPS) is 11.8. The van der Waals surface area contributed by atoms with Gasteiger partial charge in [0, 0.05) is 17.8 Å². The van der Waals surface area contributed by atoms with Crippen molar-refractivity contribution >= 4 is 17.3 Å². The van der Waals surface area contributed by atoms with Gasteiger partial charge in [-0.15, -0.1) is 0 Å². The molecule has 0 bridgehead atoms. The fourth-order valence-electron chi connectivity index (χ4n) is 2.52. The Morgan fingerprint density at radius 1 is 1.36 bits per heavy atom. The van der Waals surface area contributed by atoms with Gasteiger partial charge in [0.05, 0.1) is 19.1 Å². The van der Waals surface area contributed by atoms with Crippen LogP contribution in [0, 0.1) is 24.0 Å². The van der Waals surface area contributed by atoms with Gasteiger partial charge < -0.3 is 19.4 Å². The Bertz CT molecular complexity index is 785. The third-order valence-corrected chi connectivity index (χ3v) is 3.73. The molecule has 0 saturated carbocycles. The Morgan fingerprint density at radius 3 is 2.64 bits per heavy atom. The van der Waals surface area contributed by atoms with E-state index in [2.05, 4.69) is 5.32 Å². The fourth-order valence-corrected chi connectivity index (χ4v) is 2.52. The molecule has 8 heteroatoms. The van der Waals surface area contributed by atoms with Gasteiger partial charge in [0.2, 0.25) is 0 Å². The van der Waals surface area contributed by atoms with Crippen molar-refractivity contribution in [2.24, 2.45) is 0 Å². The number of nitrogens with zero attached hydrogens (tertiary/aromatic N) is 1. The maximum absolute atomic E-state index is 12.3. The molecular weight excluding hydrogens is 326 g/mol. The van der Waals surface area contributed by atoms with Crippen LogP contribution in [0.25, 0.3) is 0 Å². The summed E-state index contributed by atoms with van der Waals surface area (Å²) in [5.74, 6) is 1.56. The molecule has 2 rings (SSSR count). The van der Waals surface area contributed by atoms with Crippen LogP contribution in [-0.2, 0) is 11.3 Å². The first-order valence-corrected chi connectivity index (χ1v) is 7.79. The first-order chi connectivity index (χ1) is 11.8. The quantitative estimate of drug-likeness (QED) is 0.583. The molecule has 0 aliphatic heterocycles. The lowest BCUT2D eigenvalue weighted by molar-refractivity contribution is -0.886. The Hall–Kier alpha value is -2.87. The van der Waals surface area contributed by atoms with E-state index in [1.807, 2.05) is 26.1 Å². The second-order valence-electron chi connectivity index (χ2n) is 5.97. The number of rotatable bonds is 7. The summed E-state index contributed by atoms with van der Waals surface area (Å²) in [4.78, 5) is 23.7. The summed E-state index contributed by atoms with van der Waals surface area (Å²) in [5, 5.41) is 13.8. The van der Waals surface area contributed by atoms with E-state index in [0.29, 0.717) is 17.8 Å². The highest BCUT2D eigenvalue weighted by atomic mass is 16.6. The smallest absolute Gasteiger partial charge is 0.311 e. The molecule has 0 radical (unpaired) electrons. The summed E-state index contributed by atoms with van der Waals surface area (Å²) in [6.45, 7) is 4.39. The molecule has 1 heterocycles. The van der Waals surface area contributed by atoms with E-state index in [1.165, 1.54) is 19.2 Å². The molecule has 25 heavy (non-hydrogen) atoms. The number of anilines is 1. The van der Waals surface area contributed by atoms with Gasteiger partial charge >= 0.3 is 5.69 Å². The molecule has 0 fully saturated rings. The number of likely N-dealkylation sites (N-methyl/N-ethyl adjacent to an activating group) is 1. The third kappa shape index (κ3) is 4.80. The summed E-state index contributed by atoms with van der Waals surface area (Å²) < 4.78 is 10.5. The minimum Gasteiger partial charge on any atom is -0.490 e. The number of hydrogen-bond donors (Lipinski definition) is 2. The second kappa shape index (κ2) is 7.80. The number of quaternary nitrogens is 1. The monoisotopic (exact) mass is 348 g/mol. The predicted molar refractivity (Wildman–Crippen MR) is 91.9 cm³/mol. The summed E-state index contributed by atoms with van der Waals surface area (Å²) in [6, 6.07) is 6.63. The lowest BCUT2D eigenvalue weighted by atomic mass is 10.1. The van der Waals surface area contributed by atoms with Gasteiger partial charge in [-0.3, -0.25) is 14.9 Å². The van der Waals surface area contributed by atoms with Crippen molar-refractivity contribution in [2.45, 2.75) is 20.4 Å². The standard InChI is InChI=1S/C17H21N3O5/c1-11-7-15(20(22)23)16(24-4)8-14(11)18-17(21)10-19(3)9-13-6-5-12(2)25-13/h5-8H,9-10H2,1-4H3,(H,18,21)/p+1. The van der Waals surface area contributed by atoms with Crippen LogP contribution in [0.2, 0.25) is 0 Å². The van der Waals surface area contributed by atoms with Crippen LogP contribution in [0.4, 0.5) is 11.4 Å². The van der Waals surface area contributed by atoms with Gasteiger partial charge in [0.1, 0.15) is 12.3 Å². The van der Waals surface area contributed by atoms with Gasteiger partial charge in [0.25, 0.3) is 5.91 Å². The maximum Gasteiger partial charge on any atom is 0.311 e. The van der Waals surface area contributed by atoms with Crippen molar-refractivity contribution < 1.29 is 23.8 Å². The van der Waals surface area contributed by atoms with E-state index in [4.69, 9.17) is 9.15 Å². The largest absolute Gasteiger partial charge is 0.490 e. The predicted octanol–water partition coefficient (Wildman–Crippen LogP) is 1.47. The van der Waals surface area contributed by atoms with Crippen LogP contribution in [0.5, 0.6) is 5.75 Å². The Balaban J connectivity index is 2.03. The zero-order valence-electron chi connectivity index (χ0n) is 14.7. The topological polar surface area (TPSA) is 99.0 Å². The molecule has 8 nitrogen and oxygen atoms in total. The molecule has 1 amide bonds. The number of ether oxygens (including phenoxy) is 1. The van der Waals surface area contributed by atoms with Gasteiger partial charge in [-0.05, 0) is 31.5 Å². The van der Waals surface area contributed by atoms with Crippen LogP contribution in [-0.4, -0.2) is 31.5 Å². The average molecular weight is 348 g/mol. The van der Waals surface area contributed by atoms with E-state index in [-0.39, 0.29) is 23.9 Å². The number of aryl methyl sites for hydroxylation is 2. The Kier molecular flexibility index (Phi) is 5.76. The lowest BCUT2D eigenvalue weighted by Gasteiger charge is -2.14. The van der Waals surface area contributed by atoms with Gasteiger partial charge in [-0.25, -0.2) is 0 Å². The summed E-state index contributed by atoms with van der Waals surface area (Å²) in [7, 11) is 3.24.